The van der Waals surface area contributed by atoms with Gasteiger partial charge in [0.25, 0.3) is 0 Å². The second kappa shape index (κ2) is 4.61. The lowest BCUT2D eigenvalue weighted by atomic mass is 10.2. The first-order valence-corrected chi connectivity index (χ1v) is 5.60. The first-order valence-electron chi connectivity index (χ1n) is 5.22. The van der Waals surface area contributed by atoms with Gasteiger partial charge in [-0.1, -0.05) is 23.7 Å². The lowest BCUT2D eigenvalue weighted by molar-refractivity contribution is 0.204. The number of benzene rings is 1. The summed E-state index contributed by atoms with van der Waals surface area (Å²) in [4.78, 5) is 14.8. The van der Waals surface area contributed by atoms with Gasteiger partial charge >= 0.3 is 6.03 Å². The summed E-state index contributed by atoms with van der Waals surface area (Å²) in [6.07, 6.45) is 0. The summed E-state index contributed by atoms with van der Waals surface area (Å²) >= 11 is 6.11. The average Bonchev–Trinajstić information content (AvgIpc) is 2.30. The van der Waals surface area contributed by atoms with E-state index >= 15 is 0 Å². The first-order chi connectivity index (χ1) is 7.68. The van der Waals surface area contributed by atoms with Crippen LogP contribution in [-0.2, 0) is 0 Å². The molecule has 0 spiro atoms. The van der Waals surface area contributed by atoms with Crippen LogP contribution in [0.1, 0.15) is 0 Å². The van der Waals surface area contributed by atoms with E-state index in [-0.39, 0.29) is 6.03 Å². The summed E-state index contributed by atoms with van der Waals surface area (Å²) in [6, 6.07) is 7.38. The summed E-state index contributed by atoms with van der Waals surface area (Å²) < 4.78 is 0. The number of rotatable bonds is 1. The smallest absolute Gasteiger partial charge is 0.314 e. The van der Waals surface area contributed by atoms with Crippen LogP contribution in [0, 0.1) is 0 Å². The van der Waals surface area contributed by atoms with Crippen LogP contribution in [0.2, 0.25) is 5.02 Å². The Balaban J connectivity index is 2.05. The highest BCUT2D eigenvalue weighted by Gasteiger charge is 2.20. The molecular formula is C11H14ClN3O. The zero-order valence-electron chi connectivity index (χ0n) is 8.90. The van der Waals surface area contributed by atoms with Crippen molar-refractivity contribution in [1.82, 2.24) is 4.90 Å². The fourth-order valence-corrected chi connectivity index (χ4v) is 2.13. The molecule has 16 heavy (non-hydrogen) atoms. The summed E-state index contributed by atoms with van der Waals surface area (Å²) in [6.45, 7) is 2.85. The van der Waals surface area contributed by atoms with Crippen molar-refractivity contribution in [1.29, 1.82) is 0 Å². The molecule has 1 aromatic carbocycles. The fraction of sp³-hybridized carbons (Fsp3) is 0.364. The minimum absolute atomic E-state index is 0.348. The van der Waals surface area contributed by atoms with Gasteiger partial charge < -0.3 is 15.5 Å². The lowest BCUT2D eigenvalue weighted by Crippen LogP contribution is -2.50. The largest absolute Gasteiger partial charge is 0.367 e. The summed E-state index contributed by atoms with van der Waals surface area (Å²) in [5.41, 5.74) is 6.25. The van der Waals surface area contributed by atoms with Crippen LogP contribution >= 0.6 is 11.6 Å². The van der Waals surface area contributed by atoms with Gasteiger partial charge in [-0.25, -0.2) is 4.79 Å². The molecule has 1 aliphatic heterocycles. The van der Waals surface area contributed by atoms with Gasteiger partial charge in [-0.2, -0.15) is 0 Å². The summed E-state index contributed by atoms with van der Waals surface area (Å²) in [7, 11) is 0. The maximum Gasteiger partial charge on any atom is 0.314 e. The van der Waals surface area contributed by atoms with Gasteiger partial charge in [0.15, 0.2) is 0 Å². The van der Waals surface area contributed by atoms with Crippen LogP contribution in [0.15, 0.2) is 24.3 Å². The number of primary amides is 1. The van der Waals surface area contributed by atoms with Crippen molar-refractivity contribution in [2.75, 3.05) is 31.1 Å². The third kappa shape index (κ3) is 2.22. The molecule has 0 aliphatic carbocycles. The minimum Gasteiger partial charge on any atom is -0.367 e. The van der Waals surface area contributed by atoms with Gasteiger partial charge in [0, 0.05) is 26.2 Å². The predicted octanol–water partition coefficient (Wildman–Crippen LogP) is 1.54. The second-order valence-corrected chi connectivity index (χ2v) is 4.17. The normalized spacial score (nSPS) is 16.3. The van der Waals surface area contributed by atoms with Crippen LogP contribution in [0.4, 0.5) is 10.5 Å². The maximum atomic E-state index is 11.0. The van der Waals surface area contributed by atoms with E-state index in [0.29, 0.717) is 13.1 Å². The van der Waals surface area contributed by atoms with Crippen molar-refractivity contribution in [2.45, 2.75) is 0 Å². The van der Waals surface area contributed by atoms with Crippen LogP contribution in [0.5, 0.6) is 0 Å². The molecule has 2 rings (SSSR count). The van der Waals surface area contributed by atoms with E-state index in [0.717, 1.165) is 23.8 Å². The molecule has 1 fully saturated rings. The Morgan fingerprint density at radius 3 is 2.38 bits per heavy atom. The zero-order valence-corrected chi connectivity index (χ0v) is 9.65. The fourth-order valence-electron chi connectivity index (χ4n) is 1.88. The van der Waals surface area contributed by atoms with E-state index in [9.17, 15) is 4.79 Å². The second-order valence-electron chi connectivity index (χ2n) is 3.76. The van der Waals surface area contributed by atoms with E-state index in [1.54, 1.807) is 4.90 Å². The van der Waals surface area contributed by atoms with Crippen molar-refractivity contribution in [3.63, 3.8) is 0 Å². The molecule has 2 amide bonds. The molecule has 86 valence electrons. The number of hydrogen-bond acceptors (Lipinski definition) is 2. The van der Waals surface area contributed by atoms with Gasteiger partial charge in [0.05, 0.1) is 10.7 Å². The molecule has 1 aliphatic rings. The summed E-state index contributed by atoms with van der Waals surface area (Å²) in [5.74, 6) is 0. The molecular weight excluding hydrogens is 226 g/mol. The number of carbonyl (C=O) groups is 1. The number of piperazine rings is 1. The Labute approximate surface area is 99.6 Å². The highest BCUT2D eigenvalue weighted by molar-refractivity contribution is 6.33. The highest BCUT2D eigenvalue weighted by atomic mass is 35.5. The number of urea groups is 1. The van der Waals surface area contributed by atoms with E-state index in [4.69, 9.17) is 17.3 Å². The van der Waals surface area contributed by atoms with Crippen LogP contribution in [-0.4, -0.2) is 37.1 Å². The molecule has 0 bridgehead atoms. The van der Waals surface area contributed by atoms with E-state index in [1.807, 2.05) is 24.3 Å². The standard InChI is InChI=1S/C11H14ClN3O/c12-9-3-1-2-4-10(9)14-5-7-15(8-6-14)11(13)16/h1-4H,5-8H2,(H2,13,16). The van der Waals surface area contributed by atoms with Crippen molar-refractivity contribution >= 4 is 23.3 Å². The van der Waals surface area contributed by atoms with Crippen molar-refractivity contribution < 1.29 is 4.79 Å². The molecule has 0 saturated carbocycles. The number of nitrogens with zero attached hydrogens (tertiary/aromatic N) is 2. The average molecular weight is 240 g/mol. The monoisotopic (exact) mass is 239 g/mol. The van der Waals surface area contributed by atoms with Crippen molar-refractivity contribution in [2.24, 2.45) is 5.73 Å². The Hall–Kier alpha value is -1.42. The minimum atomic E-state index is -0.348. The number of amides is 2. The number of hydrogen-bond donors (Lipinski definition) is 1. The third-order valence-corrected chi connectivity index (χ3v) is 3.10. The van der Waals surface area contributed by atoms with Gasteiger partial charge in [-0.15, -0.1) is 0 Å². The van der Waals surface area contributed by atoms with E-state index < -0.39 is 0 Å². The van der Waals surface area contributed by atoms with Crippen molar-refractivity contribution in [3.8, 4) is 0 Å². The van der Waals surface area contributed by atoms with Gasteiger partial charge in [0.1, 0.15) is 0 Å². The number of anilines is 1. The van der Waals surface area contributed by atoms with Crippen molar-refractivity contribution in [3.05, 3.63) is 29.3 Å². The lowest BCUT2D eigenvalue weighted by Gasteiger charge is -2.35. The topological polar surface area (TPSA) is 49.6 Å². The molecule has 1 saturated heterocycles. The Bertz CT molecular complexity index is 389. The van der Waals surface area contributed by atoms with Crippen LogP contribution in [0.25, 0.3) is 0 Å². The molecule has 0 radical (unpaired) electrons. The Kier molecular flexibility index (Phi) is 3.19. The van der Waals surface area contributed by atoms with E-state index in [2.05, 4.69) is 4.90 Å². The van der Waals surface area contributed by atoms with Crippen LogP contribution < -0.4 is 10.6 Å². The molecule has 5 heteroatoms. The molecule has 1 aromatic rings. The Morgan fingerprint density at radius 1 is 1.19 bits per heavy atom. The van der Waals surface area contributed by atoms with Gasteiger partial charge in [-0.3, -0.25) is 0 Å². The number of carbonyl (C=O) groups excluding carboxylic acids is 1. The number of para-hydroxylation sites is 1. The molecule has 0 atom stereocenters. The highest BCUT2D eigenvalue weighted by Crippen LogP contribution is 2.25. The Morgan fingerprint density at radius 2 is 1.81 bits per heavy atom. The quantitative estimate of drug-likeness (QED) is 0.808. The SMILES string of the molecule is NC(=O)N1CCN(c2ccccc2Cl)CC1. The van der Waals surface area contributed by atoms with Crippen LogP contribution in [0.3, 0.4) is 0 Å². The summed E-state index contributed by atoms with van der Waals surface area (Å²) in [5, 5.41) is 0.745. The van der Waals surface area contributed by atoms with Gasteiger partial charge in [0.2, 0.25) is 0 Å². The molecule has 0 unspecified atom stereocenters. The zero-order chi connectivity index (χ0) is 11.5. The number of nitrogens with two attached hydrogens (primary N) is 1. The third-order valence-electron chi connectivity index (χ3n) is 2.78. The van der Waals surface area contributed by atoms with E-state index in [1.165, 1.54) is 0 Å². The molecule has 1 heterocycles. The maximum absolute atomic E-state index is 11.0. The predicted molar refractivity (Wildman–Crippen MR) is 64.8 cm³/mol. The molecule has 0 aromatic heterocycles. The first kappa shape index (κ1) is 11.1. The number of halogens is 1. The van der Waals surface area contributed by atoms with Gasteiger partial charge in [-0.05, 0) is 12.1 Å². The molecule has 2 N–H and O–H groups in total. The molecule has 4 nitrogen and oxygen atoms in total.